The van der Waals surface area contributed by atoms with Gasteiger partial charge in [0.2, 0.25) is 0 Å². The van der Waals surface area contributed by atoms with Crippen LogP contribution in [-0.2, 0) is 9.47 Å². The van der Waals surface area contributed by atoms with Crippen molar-refractivity contribution in [3.8, 4) is 0 Å². The van der Waals surface area contributed by atoms with Crippen LogP contribution in [0.25, 0.3) is 0 Å². The number of aliphatic hydroxyl groups is 7. The highest BCUT2D eigenvalue weighted by atomic mass is 16.7. The average Bonchev–Trinajstić information content (AvgIpc) is 2.68. The topological polar surface area (TPSA) is 160 Å². The molecule has 0 unspecified atom stereocenters. The maximum absolute atomic E-state index is 11.1. The zero-order chi connectivity index (χ0) is 22.6. The molecule has 2 saturated carbocycles. The van der Waals surface area contributed by atoms with Crippen molar-refractivity contribution in [1.29, 1.82) is 0 Å². The number of hydrogen-bond acceptors (Lipinski definition) is 9. The lowest BCUT2D eigenvalue weighted by molar-refractivity contribution is -0.356. The van der Waals surface area contributed by atoms with Gasteiger partial charge in [-0.25, -0.2) is 0 Å². The summed E-state index contributed by atoms with van der Waals surface area (Å²) >= 11 is 0. The predicted octanol–water partition coefficient (Wildman–Crippen LogP) is -1.20. The van der Waals surface area contributed by atoms with E-state index in [0.29, 0.717) is 18.4 Å². The summed E-state index contributed by atoms with van der Waals surface area (Å²) < 4.78 is 11.6. The number of fused-ring (bicyclic) bond motifs is 1. The summed E-state index contributed by atoms with van der Waals surface area (Å²) in [6, 6.07) is 0. The largest absolute Gasteiger partial charge is 0.394 e. The smallest absolute Gasteiger partial charge is 0.187 e. The molecule has 11 atom stereocenters. The van der Waals surface area contributed by atoms with Gasteiger partial charge in [-0.1, -0.05) is 13.5 Å². The summed E-state index contributed by atoms with van der Waals surface area (Å²) in [7, 11) is 0. The van der Waals surface area contributed by atoms with Crippen molar-refractivity contribution in [2.45, 2.75) is 101 Å². The van der Waals surface area contributed by atoms with E-state index in [1.165, 1.54) is 0 Å². The molecule has 0 amide bonds. The fourth-order valence-electron chi connectivity index (χ4n) is 5.64. The number of hydrogen-bond donors (Lipinski definition) is 7. The van der Waals surface area contributed by atoms with Crippen molar-refractivity contribution < 1.29 is 45.2 Å². The second-order valence-corrected chi connectivity index (χ2v) is 9.89. The molecule has 0 aromatic rings. The fourth-order valence-corrected chi connectivity index (χ4v) is 5.64. The van der Waals surface area contributed by atoms with Gasteiger partial charge in [-0.05, 0) is 56.4 Å². The maximum Gasteiger partial charge on any atom is 0.187 e. The van der Waals surface area contributed by atoms with Gasteiger partial charge < -0.3 is 45.2 Å². The molecule has 9 nitrogen and oxygen atoms in total. The third-order valence-electron chi connectivity index (χ3n) is 7.87. The Balaban J connectivity index is 1.94. The van der Waals surface area contributed by atoms with Crippen LogP contribution >= 0.6 is 0 Å². The van der Waals surface area contributed by atoms with E-state index in [4.69, 9.17) is 9.47 Å². The monoisotopic (exact) mass is 432 g/mol. The summed E-state index contributed by atoms with van der Waals surface area (Å²) in [6.45, 7) is 8.51. The van der Waals surface area contributed by atoms with E-state index in [0.717, 1.165) is 0 Å². The van der Waals surface area contributed by atoms with Gasteiger partial charge in [-0.3, -0.25) is 0 Å². The van der Waals surface area contributed by atoms with Crippen LogP contribution in [0.1, 0.15) is 46.5 Å². The van der Waals surface area contributed by atoms with Gasteiger partial charge in [-0.15, -0.1) is 0 Å². The fraction of sp³-hybridized carbons (Fsp3) is 0.905. The molecule has 3 rings (SSSR count). The molecule has 0 spiro atoms. The van der Waals surface area contributed by atoms with Crippen molar-refractivity contribution in [3.05, 3.63) is 12.2 Å². The molecule has 0 bridgehead atoms. The number of ether oxygens (including phenoxy) is 2. The van der Waals surface area contributed by atoms with Crippen LogP contribution in [0.5, 0.6) is 0 Å². The first-order valence-corrected chi connectivity index (χ1v) is 10.5. The maximum atomic E-state index is 11.1. The van der Waals surface area contributed by atoms with Crippen LogP contribution in [0.2, 0.25) is 0 Å². The highest BCUT2D eigenvalue weighted by molar-refractivity contribution is 5.21. The molecule has 3 fully saturated rings. The lowest BCUT2D eigenvalue weighted by Gasteiger charge is -2.61. The highest BCUT2D eigenvalue weighted by Gasteiger charge is 2.63. The van der Waals surface area contributed by atoms with Gasteiger partial charge in [0.25, 0.3) is 0 Å². The molecule has 7 N–H and O–H groups in total. The zero-order valence-corrected chi connectivity index (χ0v) is 17.8. The van der Waals surface area contributed by atoms with Gasteiger partial charge >= 0.3 is 0 Å². The van der Waals surface area contributed by atoms with Crippen LogP contribution < -0.4 is 0 Å². The molecule has 9 heteroatoms. The summed E-state index contributed by atoms with van der Waals surface area (Å²) in [4.78, 5) is 0. The molecule has 2 aliphatic carbocycles. The van der Waals surface area contributed by atoms with Gasteiger partial charge in [0, 0.05) is 0 Å². The lowest BCUT2D eigenvalue weighted by atomic mass is 9.50. The van der Waals surface area contributed by atoms with Crippen molar-refractivity contribution >= 4 is 0 Å². The molecule has 3 aliphatic rings. The second kappa shape index (κ2) is 8.06. The Morgan fingerprint density at radius 1 is 1.03 bits per heavy atom. The number of rotatable bonds is 4. The lowest BCUT2D eigenvalue weighted by Crippen LogP contribution is -2.68. The van der Waals surface area contributed by atoms with Gasteiger partial charge in [0.1, 0.15) is 30.0 Å². The first-order chi connectivity index (χ1) is 13.8. The Morgan fingerprint density at radius 3 is 2.23 bits per heavy atom. The Morgan fingerprint density at radius 2 is 1.67 bits per heavy atom. The molecule has 174 valence electrons. The average molecular weight is 433 g/mol. The van der Waals surface area contributed by atoms with Crippen LogP contribution in [0.4, 0.5) is 0 Å². The molecule has 1 saturated heterocycles. The molecule has 0 aromatic carbocycles. The van der Waals surface area contributed by atoms with E-state index in [1.807, 2.05) is 6.92 Å². The molecule has 30 heavy (non-hydrogen) atoms. The Labute approximate surface area is 176 Å². The van der Waals surface area contributed by atoms with Crippen LogP contribution in [0.3, 0.4) is 0 Å². The van der Waals surface area contributed by atoms with E-state index >= 15 is 0 Å². The quantitative estimate of drug-likeness (QED) is 0.271. The van der Waals surface area contributed by atoms with Crippen LogP contribution in [0, 0.1) is 11.3 Å². The summed E-state index contributed by atoms with van der Waals surface area (Å²) in [5.74, 6) is -0.439. The molecule has 0 radical (unpaired) electrons. The first-order valence-electron chi connectivity index (χ1n) is 10.5. The standard InChI is InChI=1S/C21H36O9/c1-10(2)21(28)7-12-19(3,8-14(21)24)6-5-13(23)20(12,4)30-18-17(27)16(26)15(25)11(9-22)29-18/h11-18,22-28H,1,5-9H2,2-4H3/t11-,12-,13+,14-,15-,16+,17-,18+,19-,20+,21-/m1/s1. The SMILES string of the molecule is C=C(C)[C@]1(O)C[C@@H]2[C@](C)(CC[C@H](O)[C@@]2(C)O[C@@H]2O[C@H](CO)[C@@H](O)[C@H](O)[C@H]2O)C[C@H]1O. The van der Waals surface area contributed by atoms with E-state index < -0.39 is 72.1 Å². The van der Waals surface area contributed by atoms with E-state index in [1.54, 1.807) is 13.8 Å². The summed E-state index contributed by atoms with van der Waals surface area (Å²) in [6.07, 6.45) is -7.89. The third-order valence-corrected chi connectivity index (χ3v) is 7.87. The Hall–Kier alpha value is -0.620. The van der Waals surface area contributed by atoms with Crippen LogP contribution in [-0.4, -0.2) is 96.5 Å². The highest BCUT2D eigenvalue weighted by Crippen LogP contribution is 2.58. The Bertz CT molecular complexity index is 656. The minimum atomic E-state index is -1.60. The minimum Gasteiger partial charge on any atom is -0.394 e. The van der Waals surface area contributed by atoms with Gasteiger partial charge in [-0.2, -0.15) is 0 Å². The van der Waals surface area contributed by atoms with Crippen LogP contribution in [0.15, 0.2) is 12.2 Å². The molecular weight excluding hydrogens is 396 g/mol. The normalized spacial score (nSPS) is 54.5. The molecule has 1 aliphatic heterocycles. The minimum absolute atomic E-state index is 0.0883. The number of aliphatic hydroxyl groups excluding tert-OH is 6. The second-order valence-electron chi connectivity index (χ2n) is 9.89. The van der Waals surface area contributed by atoms with Crippen molar-refractivity contribution in [2.24, 2.45) is 11.3 Å². The molecule has 1 heterocycles. The first kappa shape index (κ1) is 24.0. The third kappa shape index (κ3) is 3.64. The van der Waals surface area contributed by atoms with E-state index in [9.17, 15) is 35.7 Å². The molecular formula is C21H36O9. The summed E-state index contributed by atoms with van der Waals surface area (Å²) in [5, 5.41) is 72.7. The summed E-state index contributed by atoms with van der Waals surface area (Å²) in [5.41, 5.74) is -2.92. The molecule has 0 aromatic heterocycles. The van der Waals surface area contributed by atoms with Crippen molar-refractivity contribution in [3.63, 3.8) is 0 Å². The van der Waals surface area contributed by atoms with Crippen molar-refractivity contribution in [1.82, 2.24) is 0 Å². The van der Waals surface area contributed by atoms with Gasteiger partial charge in [0.15, 0.2) is 6.29 Å². The van der Waals surface area contributed by atoms with E-state index in [2.05, 4.69) is 6.58 Å². The van der Waals surface area contributed by atoms with Crippen molar-refractivity contribution in [2.75, 3.05) is 6.61 Å². The predicted molar refractivity (Wildman–Crippen MR) is 105 cm³/mol. The van der Waals surface area contributed by atoms with Gasteiger partial charge in [0.05, 0.1) is 24.4 Å². The Kier molecular flexibility index (Phi) is 6.46. The zero-order valence-electron chi connectivity index (χ0n) is 17.8. The van der Waals surface area contributed by atoms with E-state index in [-0.39, 0.29) is 12.8 Å².